The normalized spacial score (nSPS) is 11.5. The second kappa shape index (κ2) is 6.29. The lowest BCUT2D eigenvalue weighted by Crippen LogP contribution is -2.12. The van der Waals surface area contributed by atoms with Crippen molar-refractivity contribution in [1.82, 2.24) is 0 Å². The predicted octanol–water partition coefficient (Wildman–Crippen LogP) is 1.90. The molecule has 0 aliphatic heterocycles. The number of esters is 1. The topological polar surface area (TPSA) is 35.5 Å². The molecule has 0 saturated heterocycles. The van der Waals surface area contributed by atoms with Gasteiger partial charge >= 0.3 is 5.97 Å². The predicted molar refractivity (Wildman–Crippen MR) is 51.1 cm³/mol. The SMILES string of the molecule is C=CC(C)COC(=C)C(=O)OCC. The summed E-state index contributed by atoms with van der Waals surface area (Å²) < 4.78 is 9.75. The first kappa shape index (κ1) is 11.8. The van der Waals surface area contributed by atoms with Crippen LogP contribution in [0.15, 0.2) is 25.0 Å². The molecule has 13 heavy (non-hydrogen) atoms. The zero-order valence-electron chi connectivity index (χ0n) is 8.21. The average Bonchev–Trinajstić information content (AvgIpc) is 2.13. The van der Waals surface area contributed by atoms with E-state index in [-0.39, 0.29) is 11.7 Å². The molecule has 0 aromatic heterocycles. The lowest BCUT2D eigenvalue weighted by molar-refractivity contribution is -0.142. The van der Waals surface area contributed by atoms with Crippen LogP contribution in [-0.2, 0) is 14.3 Å². The summed E-state index contributed by atoms with van der Waals surface area (Å²) in [6.07, 6.45) is 1.75. The highest BCUT2D eigenvalue weighted by Crippen LogP contribution is 2.03. The van der Waals surface area contributed by atoms with E-state index in [4.69, 9.17) is 4.74 Å². The quantitative estimate of drug-likeness (QED) is 0.274. The van der Waals surface area contributed by atoms with Crippen molar-refractivity contribution in [2.45, 2.75) is 13.8 Å². The van der Waals surface area contributed by atoms with Crippen molar-refractivity contribution in [3.8, 4) is 0 Å². The Morgan fingerprint density at radius 2 is 2.15 bits per heavy atom. The van der Waals surface area contributed by atoms with Crippen molar-refractivity contribution >= 4 is 5.97 Å². The van der Waals surface area contributed by atoms with Gasteiger partial charge in [0.1, 0.15) is 0 Å². The van der Waals surface area contributed by atoms with E-state index in [0.717, 1.165) is 0 Å². The lowest BCUT2D eigenvalue weighted by atomic mass is 10.2. The van der Waals surface area contributed by atoms with Gasteiger partial charge in [-0.25, -0.2) is 4.79 Å². The Morgan fingerprint density at radius 1 is 1.54 bits per heavy atom. The van der Waals surface area contributed by atoms with Gasteiger partial charge in [-0.1, -0.05) is 13.0 Å². The van der Waals surface area contributed by atoms with E-state index in [2.05, 4.69) is 17.9 Å². The first-order chi connectivity index (χ1) is 6.11. The molecular formula is C10H16O3. The van der Waals surface area contributed by atoms with Gasteiger partial charge in [0.05, 0.1) is 13.2 Å². The molecule has 0 saturated carbocycles. The zero-order valence-corrected chi connectivity index (χ0v) is 8.21. The second-order valence-electron chi connectivity index (χ2n) is 2.67. The van der Waals surface area contributed by atoms with E-state index < -0.39 is 5.97 Å². The summed E-state index contributed by atoms with van der Waals surface area (Å²) in [5, 5.41) is 0. The Bertz CT molecular complexity index is 196. The van der Waals surface area contributed by atoms with Crippen molar-refractivity contribution in [1.29, 1.82) is 0 Å². The molecular weight excluding hydrogens is 168 g/mol. The van der Waals surface area contributed by atoms with Gasteiger partial charge in [-0.3, -0.25) is 0 Å². The van der Waals surface area contributed by atoms with Gasteiger partial charge in [0.15, 0.2) is 5.76 Å². The Morgan fingerprint density at radius 3 is 2.62 bits per heavy atom. The number of hydrogen-bond donors (Lipinski definition) is 0. The van der Waals surface area contributed by atoms with E-state index in [1.807, 2.05) is 6.92 Å². The van der Waals surface area contributed by atoms with Crippen LogP contribution in [0.1, 0.15) is 13.8 Å². The van der Waals surface area contributed by atoms with Gasteiger partial charge in [0.2, 0.25) is 0 Å². The standard InChI is InChI=1S/C10H16O3/c1-5-8(3)7-13-9(4)10(11)12-6-2/h5,8H,1,4,6-7H2,2-3H3. The fourth-order valence-electron chi connectivity index (χ4n) is 0.571. The smallest absolute Gasteiger partial charge is 0.372 e. The van der Waals surface area contributed by atoms with Crippen LogP contribution >= 0.6 is 0 Å². The van der Waals surface area contributed by atoms with E-state index >= 15 is 0 Å². The molecule has 1 unspecified atom stereocenters. The molecule has 74 valence electrons. The molecule has 0 amide bonds. The van der Waals surface area contributed by atoms with Crippen LogP contribution in [0.4, 0.5) is 0 Å². The first-order valence-electron chi connectivity index (χ1n) is 4.23. The average molecular weight is 184 g/mol. The van der Waals surface area contributed by atoms with Crippen molar-refractivity contribution in [3.05, 3.63) is 25.0 Å². The number of carbonyl (C=O) groups excluding carboxylic acids is 1. The van der Waals surface area contributed by atoms with Gasteiger partial charge in [0.25, 0.3) is 0 Å². The molecule has 1 atom stereocenters. The Kier molecular flexibility index (Phi) is 5.68. The molecule has 0 N–H and O–H groups in total. The maximum atomic E-state index is 11.0. The minimum Gasteiger partial charge on any atom is -0.486 e. The minimum absolute atomic E-state index is 0.0514. The summed E-state index contributed by atoms with van der Waals surface area (Å²) in [6.45, 7) is 11.4. The molecule has 0 rings (SSSR count). The molecule has 0 aliphatic rings. The minimum atomic E-state index is -0.501. The van der Waals surface area contributed by atoms with Crippen molar-refractivity contribution in [2.75, 3.05) is 13.2 Å². The van der Waals surface area contributed by atoms with E-state index in [1.165, 1.54) is 0 Å². The highest BCUT2D eigenvalue weighted by atomic mass is 16.6. The fraction of sp³-hybridized carbons (Fsp3) is 0.500. The third-order valence-electron chi connectivity index (χ3n) is 1.43. The largest absolute Gasteiger partial charge is 0.486 e. The van der Waals surface area contributed by atoms with Gasteiger partial charge in [0, 0.05) is 5.92 Å². The van der Waals surface area contributed by atoms with Crippen LogP contribution in [0.25, 0.3) is 0 Å². The molecule has 0 aromatic carbocycles. The van der Waals surface area contributed by atoms with Crippen molar-refractivity contribution in [2.24, 2.45) is 5.92 Å². The summed E-state index contributed by atoms with van der Waals surface area (Å²) in [6, 6.07) is 0. The van der Waals surface area contributed by atoms with E-state index in [9.17, 15) is 4.79 Å². The van der Waals surface area contributed by atoms with Crippen LogP contribution in [0.5, 0.6) is 0 Å². The number of carbonyl (C=O) groups is 1. The third kappa shape index (κ3) is 5.06. The molecule has 0 heterocycles. The summed E-state index contributed by atoms with van der Waals surface area (Å²) in [5.41, 5.74) is 0. The fourth-order valence-corrected chi connectivity index (χ4v) is 0.571. The molecule has 3 nitrogen and oxygen atoms in total. The van der Waals surface area contributed by atoms with Crippen LogP contribution in [0.3, 0.4) is 0 Å². The van der Waals surface area contributed by atoms with E-state index in [1.54, 1.807) is 13.0 Å². The first-order valence-corrected chi connectivity index (χ1v) is 4.23. The van der Waals surface area contributed by atoms with Gasteiger partial charge < -0.3 is 9.47 Å². The Hall–Kier alpha value is -1.25. The summed E-state index contributed by atoms with van der Waals surface area (Å²) >= 11 is 0. The van der Waals surface area contributed by atoms with Crippen LogP contribution in [0.2, 0.25) is 0 Å². The summed E-state index contributed by atoms with van der Waals surface area (Å²) in [5.74, 6) is -0.250. The van der Waals surface area contributed by atoms with Crippen molar-refractivity contribution in [3.63, 3.8) is 0 Å². The van der Waals surface area contributed by atoms with Gasteiger partial charge in [-0.2, -0.15) is 0 Å². The second-order valence-corrected chi connectivity index (χ2v) is 2.67. The van der Waals surface area contributed by atoms with Crippen LogP contribution in [-0.4, -0.2) is 19.2 Å². The molecule has 0 radical (unpaired) electrons. The highest BCUT2D eigenvalue weighted by molar-refractivity contribution is 5.85. The molecule has 3 heteroatoms. The van der Waals surface area contributed by atoms with Crippen LogP contribution < -0.4 is 0 Å². The van der Waals surface area contributed by atoms with E-state index in [0.29, 0.717) is 13.2 Å². The Balaban J connectivity index is 3.74. The summed E-state index contributed by atoms with van der Waals surface area (Å²) in [4.78, 5) is 11.0. The molecule has 0 aliphatic carbocycles. The third-order valence-corrected chi connectivity index (χ3v) is 1.43. The maximum Gasteiger partial charge on any atom is 0.372 e. The molecule has 0 spiro atoms. The number of rotatable bonds is 6. The zero-order chi connectivity index (χ0) is 10.3. The molecule has 0 bridgehead atoms. The van der Waals surface area contributed by atoms with Gasteiger partial charge in [-0.15, -0.1) is 6.58 Å². The molecule has 0 aromatic rings. The maximum absolute atomic E-state index is 11.0. The van der Waals surface area contributed by atoms with Gasteiger partial charge in [-0.05, 0) is 13.5 Å². The summed E-state index contributed by atoms with van der Waals surface area (Å²) in [7, 11) is 0. The lowest BCUT2D eigenvalue weighted by Gasteiger charge is -2.10. The van der Waals surface area contributed by atoms with Crippen LogP contribution in [0, 0.1) is 5.92 Å². The number of hydrogen-bond acceptors (Lipinski definition) is 3. The number of ether oxygens (including phenoxy) is 2. The van der Waals surface area contributed by atoms with Crippen molar-refractivity contribution < 1.29 is 14.3 Å². The molecule has 0 fully saturated rings. The Labute approximate surface area is 79.0 Å². The monoisotopic (exact) mass is 184 g/mol. The highest BCUT2D eigenvalue weighted by Gasteiger charge is 2.09.